The number of carbonyl (C=O) groups excluding carboxylic acids is 1. The highest BCUT2D eigenvalue weighted by molar-refractivity contribution is 5.84. The van der Waals surface area contributed by atoms with E-state index >= 15 is 0 Å². The van der Waals surface area contributed by atoms with Crippen molar-refractivity contribution in [2.45, 2.75) is 25.8 Å². The Hall–Kier alpha value is -2.48. The number of hydrogen-bond acceptors (Lipinski definition) is 6. The van der Waals surface area contributed by atoms with Gasteiger partial charge in [0.25, 0.3) is 0 Å². The first-order chi connectivity index (χ1) is 12.2. The van der Waals surface area contributed by atoms with Crippen LogP contribution in [0.25, 0.3) is 5.69 Å². The molecule has 1 aromatic carbocycles. The van der Waals surface area contributed by atoms with Crippen molar-refractivity contribution in [2.75, 3.05) is 32.0 Å². The maximum atomic E-state index is 12.9. The summed E-state index contributed by atoms with van der Waals surface area (Å²) in [4.78, 5) is 14.8. The summed E-state index contributed by atoms with van der Waals surface area (Å²) < 4.78 is 1.61. The van der Waals surface area contributed by atoms with Gasteiger partial charge in [0.15, 0.2) is 0 Å². The topological polar surface area (TPSA) is 88.0 Å². The van der Waals surface area contributed by atoms with Gasteiger partial charge < -0.3 is 15.5 Å². The SMILES string of the molecule is CC[C@H](Nc1nnnn1-c1ccccc1)C(=O)N1CC[C@H](CNC)C1. The van der Waals surface area contributed by atoms with Crippen LogP contribution < -0.4 is 10.6 Å². The molecule has 25 heavy (non-hydrogen) atoms. The van der Waals surface area contributed by atoms with Crippen molar-refractivity contribution in [1.82, 2.24) is 30.4 Å². The molecular weight excluding hydrogens is 318 g/mol. The Morgan fingerprint density at radius 1 is 1.36 bits per heavy atom. The summed E-state index contributed by atoms with van der Waals surface area (Å²) >= 11 is 0. The van der Waals surface area contributed by atoms with E-state index in [4.69, 9.17) is 0 Å². The van der Waals surface area contributed by atoms with Crippen molar-refractivity contribution in [3.63, 3.8) is 0 Å². The van der Waals surface area contributed by atoms with Gasteiger partial charge in [-0.3, -0.25) is 4.79 Å². The van der Waals surface area contributed by atoms with Crippen molar-refractivity contribution in [2.24, 2.45) is 5.92 Å². The standard InChI is InChI=1S/C17H25N7O/c1-3-15(16(25)23-10-9-13(12-23)11-18-2)19-17-20-21-22-24(17)14-7-5-4-6-8-14/h4-8,13,15,18H,3,9-12H2,1-2H3,(H,19,20,22)/t13-,15+/m1/s1. The minimum atomic E-state index is -0.332. The highest BCUT2D eigenvalue weighted by Gasteiger charge is 2.30. The minimum absolute atomic E-state index is 0.115. The van der Waals surface area contributed by atoms with Gasteiger partial charge in [-0.15, -0.1) is 0 Å². The van der Waals surface area contributed by atoms with E-state index in [9.17, 15) is 4.79 Å². The summed E-state index contributed by atoms with van der Waals surface area (Å²) in [6, 6.07) is 9.31. The number of benzene rings is 1. The fraction of sp³-hybridized carbons (Fsp3) is 0.529. The Labute approximate surface area is 147 Å². The number of likely N-dealkylation sites (tertiary alicyclic amines) is 1. The number of para-hydroxylation sites is 1. The van der Waals surface area contributed by atoms with Crippen LogP contribution in [0.1, 0.15) is 19.8 Å². The fourth-order valence-electron chi connectivity index (χ4n) is 3.22. The van der Waals surface area contributed by atoms with Crippen LogP contribution in [0.4, 0.5) is 5.95 Å². The van der Waals surface area contributed by atoms with Gasteiger partial charge in [-0.2, -0.15) is 4.68 Å². The van der Waals surface area contributed by atoms with Gasteiger partial charge in [0.1, 0.15) is 6.04 Å². The van der Waals surface area contributed by atoms with Crippen LogP contribution in [0, 0.1) is 5.92 Å². The molecule has 1 amide bonds. The Balaban J connectivity index is 1.69. The monoisotopic (exact) mass is 343 g/mol. The fourth-order valence-corrected chi connectivity index (χ4v) is 3.22. The van der Waals surface area contributed by atoms with Gasteiger partial charge in [0.2, 0.25) is 11.9 Å². The first-order valence-corrected chi connectivity index (χ1v) is 8.76. The third-order valence-corrected chi connectivity index (χ3v) is 4.57. The average Bonchev–Trinajstić information content (AvgIpc) is 3.29. The van der Waals surface area contributed by atoms with Crippen molar-refractivity contribution < 1.29 is 4.79 Å². The van der Waals surface area contributed by atoms with Gasteiger partial charge >= 0.3 is 0 Å². The van der Waals surface area contributed by atoms with E-state index in [1.165, 1.54) is 0 Å². The summed E-state index contributed by atoms with van der Waals surface area (Å²) in [5.41, 5.74) is 0.854. The zero-order valence-electron chi connectivity index (χ0n) is 14.7. The predicted molar refractivity (Wildman–Crippen MR) is 95.5 cm³/mol. The van der Waals surface area contributed by atoms with Gasteiger partial charge in [-0.05, 0) is 54.9 Å². The Kier molecular flexibility index (Phi) is 5.60. The number of hydrogen-bond donors (Lipinski definition) is 2. The summed E-state index contributed by atoms with van der Waals surface area (Å²) in [5, 5.41) is 18.2. The van der Waals surface area contributed by atoms with Crippen LogP contribution >= 0.6 is 0 Å². The Morgan fingerprint density at radius 2 is 2.16 bits per heavy atom. The molecule has 0 bridgehead atoms. The molecule has 0 aliphatic carbocycles. The van der Waals surface area contributed by atoms with E-state index < -0.39 is 0 Å². The van der Waals surface area contributed by atoms with E-state index in [1.807, 2.05) is 49.2 Å². The summed E-state index contributed by atoms with van der Waals surface area (Å²) in [6.07, 6.45) is 1.72. The number of carbonyl (C=O) groups is 1. The Bertz CT molecular complexity index is 687. The lowest BCUT2D eigenvalue weighted by Crippen LogP contribution is -2.42. The van der Waals surface area contributed by atoms with Crippen LogP contribution in [0.2, 0.25) is 0 Å². The molecule has 2 atom stereocenters. The largest absolute Gasteiger partial charge is 0.341 e. The molecule has 1 aliphatic heterocycles. The molecule has 1 aromatic heterocycles. The number of amides is 1. The number of nitrogens with one attached hydrogen (secondary N) is 2. The molecule has 8 nitrogen and oxygen atoms in total. The van der Waals surface area contributed by atoms with Gasteiger partial charge in [0.05, 0.1) is 5.69 Å². The van der Waals surface area contributed by atoms with Crippen molar-refractivity contribution in [3.8, 4) is 5.69 Å². The second-order valence-electron chi connectivity index (χ2n) is 6.35. The summed E-state index contributed by atoms with van der Waals surface area (Å²) in [5.74, 6) is 1.13. The number of nitrogens with zero attached hydrogens (tertiary/aromatic N) is 5. The van der Waals surface area contributed by atoms with E-state index in [1.54, 1.807) is 4.68 Å². The second-order valence-corrected chi connectivity index (χ2v) is 6.35. The molecule has 1 fully saturated rings. The predicted octanol–water partition coefficient (Wildman–Crippen LogP) is 0.921. The van der Waals surface area contributed by atoms with Crippen LogP contribution in [0.15, 0.2) is 30.3 Å². The van der Waals surface area contributed by atoms with Gasteiger partial charge in [0, 0.05) is 13.1 Å². The molecule has 1 saturated heterocycles. The molecule has 134 valence electrons. The molecule has 0 unspecified atom stereocenters. The Morgan fingerprint density at radius 3 is 2.88 bits per heavy atom. The number of aromatic nitrogens is 4. The van der Waals surface area contributed by atoms with E-state index in [0.29, 0.717) is 18.3 Å². The lowest BCUT2D eigenvalue weighted by Gasteiger charge is -2.23. The van der Waals surface area contributed by atoms with Crippen molar-refractivity contribution >= 4 is 11.9 Å². The normalized spacial score (nSPS) is 18.3. The second kappa shape index (κ2) is 8.06. The first-order valence-electron chi connectivity index (χ1n) is 8.76. The van der Waals surface area contributed by atoms with E-state index in [2.05, 4.69) is 26.2 Å². The maximum absolute atomic E-state index is 12.9. The first kappa shape index (κ1) is 17.3. The third-order valence-electron chi connectivity index (χ3n) is 4.57. The molecule has 0 saturated carbocycles. The third kappa shape index (κ3) is 3.96. The number of anilines is 1. The molecular formula is C17H25N7O. The molecule has 0 radical (unpaired) electrons. The zero-order valence-corrected chi connectivity index (χ0v) is 14.7. The average molecular weight is 343 g/mol. The molecule has 2 aromatic rings. The minimum Gasteiger partial charge on any atom is -0.341 e. The molecule has 1 aliphatic rings. The smallest absolute Gasteiger partial charge is 0.248 e. The number of tetrazole rings is 1. The van der Waals surface area contributed by atoms with E-state index in [0.717, 1.165) is 31.7 Å². The van der Waals surface area contributed by atoms with E-state index in [-0.39, 0.29) is 11.9 Å². The lowest BCUT2D eigenvalue weighted by molar-refractivity contribution is -0.131. The maximum Gasteiger partial charge on any atom is 0.248 e. The zero-order chi connectivity index (χ0) is 17.6. The number of rotatable bonds is 7. The highest BCUT2D eigenvalue weighted by atomic mass is 16.2. The molecule has 3 rings (SSSR count). The van der Waals surface area contributed by atoms with Crippen LogP contribution in [0.3, 0.4) is 0 Å². The quantitative estimate of drug-likeness (QED) is 0.777. The van der Waals surface area contributed by atoms with Crippen molar-refractivity contribution in [3.05, 3.63) is 30.3 Å². The highest BCUT2D eigenvalue weighted by Crippen LogP contribution is 2.19. The van der Waals surface area contributed by atoms with Gasteiger partial charge in [-0.25, -0.2) is 0 Å². The summed E-state index contributed by atoms with van der Waals surface area (Å²) in [6.45, 7) is 4.56. The molecule has 0 spiro atoms. The molecule has 2 heterocycles. The van der Waals surface area contributed by atoms with Crippen LogP contribution in [-0.4, -0.2) is 63.7 Å². The van der Waals surface area contributed by atoms with Crippen LogP contribution in [-0.2, 0) is 4.79 Å². The van der Waals surface area contributed by atoms with Crippen molar-refractivity contribution in [1.29, 1.82) is 0 Å². The van der Waals surface area contributed by atoms with Gasteiger partial charge in [-0.1, -0.05) is 30.2 Å². The molecule has 2 N–H and O–H groups in total. The lowest BCUT2D eigenvalue weighted by atomic mass is 10.1. The van der Waals surface area contributed by atoms with Crippen LogP contribution in [0.5, 0.6) is 0 Å². The summed E-state index contributed by atoms with van der Waals surface area (Å²) in [7, 11) is 1.95. The molecule has 8 heteroatoms.